The Labute approximate surface area is 136 Å². The fourth-order valence-electron chi connectivity index (χ4n) is 1.90. The average molecular weight is 336 g/mol. The van der Waals surface area contributed by atoms with Crippen molar-refractivity contribution in [3.05, 3.63) is 64.0 Å². The maximum Gasteiger partial charge on any atom is 0.276 e. The minimum atomic E-state index is -0.390. The van der Waals surface area contributed by atoms with E-state index in [0.29, 0.717) is 17.4 Å². The fraction of sp³-hybridized carbons (Fsp3) is 0.0714. The Kier molecular flexibility index (Phi) is 4.13. The number of rotatable bonds is 4. The van der Waals surface area contributed by atoms with Gasteiger partial charge in [-0.05, 0) is 17.7 Å². The number of nitrogens with one attached hydrogen (secondary N) is 2. The fourth-order valence-corrected chi connectivity index (χ4v) is 2.21. The van der Waals surface area contributed by atoms with Gasteiger partial charge in [-0.15, -0.1) is 0 Å². The van der Waals surface area contributed by atoms with Crippen molar-refractivity contribution in [1.29, 1.82) is 0 Å². The molecule has 1 aromatic carbocycles. The molecule has 0 aliphatic rings. The van der Waals surface area contributed by atoms with Crippen LogP contribution in [0.25, 0.3) is 0 Å². The number of carbonyl (C=O) groups is 1. The van der Waals surface area contributed by atoms with Gasteiger partial charge in [-0.2, -0.15) is 10.2 Å². The van der Waals surface area contributed by atoms with Crippen molar-refractivity contribution in [3.8, 4) is 0 Å². The van der Waals surface area contributed by atoms with Crippen LogP contribution < -0.4 is 5.32 Å². The Morgan fingerprint density at radius 1 is 1.23 bits per heavy atom. The van der Waals surface area contributed by atoms with Crippen molar-refractivity contribution in [2.24, 2.45) is 0 Å². The van der Waals surface area contributed by atoms with Crippen LogP contribution in [-0.4, -0.2) is 25.9 Å². The number of amides is 1. The summed E-state index contributed by atoms with van der Waals surface area (Å²) in [6.07, 6.45) is 3.15. The number of aromatic nitrogens is 4. The van der Waals surface area contributed by atoms with E-state index < -0.39 is 0 Å². The lowest BCUT2D eigenvalue weighted by Crippen LogP contribution is -2.14. The molecular weight excluding hydrogens is 325 g/mol. The molecule has 2 N–H and O–H groups in total. The van der Waals surface area contributed by atoms with Crippen molar-refractivity contribution in [1.82, 2.24) is 20.0 Å². The van der Waals surface area contributed by atoms with Gasteiger partial charge in [0.05, 0.1) is 17.8 Å². The molecule has 0 aliphatic carbocycles. The molecule has 2 aromatic heterocycles. The predicted molar refractivity (Wildman–Crippen MR) is 84.3 cm³/mol. The number of carbonyl (C=O) groups excluding carboxylic acids is 1. The van der Waals surface area contributed by atoms with Crippen LogP contribution in [0.15, 0.2) is 42.7 Å². The molecule has 0 saturated heterocycles. The zero-order chi connectivity index (χ0) is 15.5. The molecule has 3 rings (SSSR count). The average Bonchev–Trinajstić information content (AvgIpc) is 3.10. The number of hydrogen-bond donors (Lipinski definition) is 2. The summed E-state index contributed by atoms with van der Waals surface area (Å²) in [7, 11) is 0. The second kappa shape index (κ2) is 6.21. The van der Waals surface area contributed by atoms with Gasteiger partial charge in [0.15, 0.2) is 5.82 Å². The van der Waals surface area contributed by atoms with Crippen LogP contribution in [0.4, 0.5) is 5.82 Å². The molecule has 2 heterocycles. The van der Waals surface area contributed by atoms with Gasteiger partial charge in [0, 0.05) is 17.3 Å². The van der Waals surface area contributed by atoms with Crippen LogP contribution in [0.2, 0.25) is 10.0 Å². The minimum absolute atomic E-state index is 0.203. The predicted octanol–water partition coefficient (Wildman–Crippen LogP) is 3.21. The molecule has 22 heavy (non-hydrogen) atoms. The number of halogens is 2. The summed E-state index contributed by atoms with van der Waals surface area (Å²) in [5.41, 5.74) is 1.26. The Morgan fingerprint density at radius 2 is 2.00 bits per heavy atom. The molecule has 0 aliphatic heterocycles. The monoisotopic (exact) mass is 335 g/mol. The van der Waals surface area contributed by atoms with Crippen LogP contribution in [0, 0.1) is 0 Å². The summed E-state index contributed by atoms with van der Waals surface area (Å²) in [5.74, 6) is 0.0453. The summed E-state index contributed by atoms with van der Waals surface area (Å²) < 4.78 is 1.72. The number of benzene rings is 1. The van der Waals surface area contributed by atoms with E-state index in [4.69, 9.17) is 23.2 Å². The number of H-pyrrole nitrogens is 1. The van der Waals surface area contributed by atoms with Crippen LogP contribution in [0.5, 0.6) is 0 Å². The molecule has 112 valence electrons. The quantitative estimate of drug-likeness (QED) is 0.768. The Morgan fingerprint density at radius 3 is 2.68 bits per heavy atom. The van der Waals surface area contributed by atoms with Gasteiger partial charge in [0.1, 0.15) is 5.69 Å². The third-order valence-corrected chi connectivity index (χ3v) is 3.50. The molecule has 0 saturated carbocycles. The maximum absolute atomic E-state index is 12.0. The van der Waals surface area contributed by atoms with E-state index in [1.54, 1.807) is 16.9 Å². The Bertz CT molecular complexity index is 794. The van der Waals surface area contributed by atoms with E-state index in [1.165, 1.54) is 6.20 Å². The van der Waals surface area contributed by atoms with Crippen LogP contribution in [0.3, 0.4) is 0 Å². The van der Waals surface area contributed by atoms with Crippen molar-refractivity contribution in [3.63, 3.8) is 0 Å². The lowest BCUT2D eigenvalue weighted by Gasteiger charge is -2.02. The van der Waals surface area contributed by atoms with Gasteiger partial charge in [0.25, 0.3) is 5.91 Å². The lowest BCUT2D eigenvalue weighted by atomic mass is 10.2. The second-order valence-electron chi connectivity index (χ2n) is 4.57. The molecule has 0 bridgehead atoms. The van der Waals surface area contributed by atoms with Gasteiger partial charge >= 0.3 is 0 Å². The molecule has 1 amide bonds. The first-order chi connectivity index (χ1) is 10.6. The number of anilines is 1. The van der Waals surface area contributed by atoms with Crippen molar-refractivity contribution in [2.75, 3.05) is 5.32 Å². The molecule has 0 spiro atoms. The zero-order valence-corrected chi connectivity index (χ0v) is 12.8. The van der Waals surface area contributed by atoms with Gasteiger partial charge in [-0.3, -0.25) is 14.6 Å². The largest absolute Gasteiger partial charge is 0.304 e. The van der Waals surface area contributed by atoms with E-state index in [2.05, 4.69) is 20.6 Å². The molecule has 0 atom stereocenters. The SMILES string of the molecule is O=C(Nc1ccn(Cc2ccc(Cl)cc2)n1)c1[nH]ncc1Cl. The molecule has 0 unspecified atom stereocenters. The smallest absolute Gasteiger partial charge is 0.276 e. The molecular formula is C14H11Cl2N5O. The zero-order valence-electron chi connectivity index (χ0n) is 11.3. The standard InChI is InChI=1S/C14H11Cl2N5O/c15-10-3-1-9(2-4-10)8-21-6-5-12(20-21)18-14(22)13-11(16)7-17-19-13/h1-7H,8H2,(H,17,19)(H,18,20,22). The Balaban J connectivity index is 1.67. The van der Waals surface area contributed by atoms with E-state index in [9.17, 15) is 4.79 Å². The molecule has 0 radical (unpaired) electrons. The van der Waals surface area contributed by atoms with Crippen LogP contribution >= 0.6 is 23.2 Å². The van der Waals surface area contributed by atoms with Crippen LogP contribution in [0.1, 0.15) is 16.1 Å². The number of aromatic amines is 1. The van der Waals surface area contributed by atoms with E-state index >= 15 is 0 Å². The van der Waals surface area contributed by atoms with Crippen molar-refractivity contribution in [2.45, 2.75) is 6.54 Å². The van der Waals surface area contributed by atoms with Crippen molar-refractivity contribution < 1.29 is 4.79 Å². The summed E-state index contributed by atoms with van der Waals surface area (Å²) in [6, 6.07) is 9.20. The van der Waals surface area contributed by atoms with E-state index in [-0.39, 0.29) is 16.6 Å². The minimum Gasteiger partial charge on any atom is -0.304 e. The van der Waals surface area contributed by atoms with Crippen LogP contribution in [-0.2, 0) is 6.54 Å². The molecule has 0 fully saturated rings. The summed E-state index contributed by atoms with van der Waals surface area (Å²) in [4.78, 5) is 12.0. The summed E-state index contributed by atoms with van der Waals surface area (Å²) in [5, 5.41) is 14.1. The highest BCUT2D eigenvalue weighted by Crippen LogP contribution is 2.14. The first-order valence-corrected chi connectivity index (χ1v) is 7.15. The van der Waals surface area contributed by atoms with E-state index in [0.717, 1.165) is 5.56 Å². The summed E-state index contributed by atoms with van der Waals surface area (Å²) in [6.45, 7) is 0.581. The van der Waals surface area contributed by atoms with Gasteiger partial charge in [0.2, 0.25) is 0 Å². The topological polar surface area (TPSA) is 75.6 Å². The van der Waals surface area contributed by atoms with E-state index in [1.807, 2.05) is 24.3 Å². The number of nitrogens with zero attached hydrogens (tertiary/aromatic N) is 3. The first kappa shape index (κ1) is 14.6. The van der Waals surface area contributed by atoms with Gasteiger partial charge < -0.3 is 5.32 Å². The summed E-state index contributed by atoms with van der Waals surface area (Å²) >= 11 is 11.7. The van der Waals surface area contributed by atoms with Gasteiger partial charge in [-0.1, -0.05) is 35.3 Å². The van der Waals surface area contributed by atoms with Gasteiger partial charge in [-0.25, -0.2) is 0 Å². The maximum atomic E-state index is 12.0. The Hall–Kier alpha value is -2.31. The third-order valence-electron chi connectivity index (χ3n) is 2.96. The highest BCUT2D eigenvalue weighted by Gasteiger charge is 2.13. The lowest BCUT2D eigenvalue weighted by molar-refractivity contribution is 0.102. The molecule has 6 nitrogen and oxygen atoms in total. The first-order valence-electron chi connectivity index (χ1n) is 6.40. The highest BCUT2D eigenvalue weighted by atomic mass is 35.5. The molecule has 8 heteroatoms. The molecule has 3 aromatic rings. The normalized spacial score (nSPS) is 10.6. The van der Waals surface area contributed by atoms with Crippen molar-refractivity contribution >= 4 is 34.9 Å². The highest BCUT2D eigenvalue weighted by molar-refractivity contribution is 6.34. The number of hydrogen-bond acceptors (Lipinski definition) is 3. The third kappa shape index (κ3) is 3.29. The second-order valence-corrected chi connectivity index (χ2v) is 5.42.